The third-order valence-corrected chi connectivity index (χ3v) is 4.83. The molecule has 21 heavy (non-hydrogen) atoms. The fraction of sp³-hybridized carbons (Fsp3) is 0.562. The lowest BCUT2D eigenvalue weighted by Crippen LogP contribution is -2.42. The molecule has 0 aromatic heterocycles. The summed E-state index contributed by atoms with van der Waals surface area (Å²) in [6.07, 6.45) is 4.41. The predicted molar refractivity (Wildman–Crippen MR) is 88.2 cm³/mol. The number of hydrogen-bond acceptors (Lipinski definition) is 2. The Hall–Kier alpha value is -0.770. The molecule has 3 nitrogen and oxygen atoms in total. The van der Waals surface area contributed by atoms with Crippen LogP contribution in [0.4, 0.5) is 0 Å². The highest BCUT2D eigenvalue weighted by molar-refractivity contribution is 6.30. The second-order valence-corrected chi connectivity index (χ2v) is 6.48. The van der Waals surface area contributed by atoms with Crippen LogP contribution < -0.4 is 10.6 Å². The van der Waals surface area contributed by atoms with E-state index in [-0.39, 0.29) is 29.6 Å². The van der Waals surface area contributed by atoms with Gasteiger partial charge in [0.25, 0.3) is 0 Å². The van der Waals surface area contributed by atoms with Gasteiger partial charge in [-0.25, -0.2) is 0 Å². The quantitative estimate of drug-likeness (QED) is 0.892. The van der Waals surface area contributed by atoms with E-state index in [1.54, 1.807) is 0 Å². The van der Waals surface area contributed by atoms with Gasteiger partial charge in [-0.15, -0.1) is 12.4 Å². The van der Waals surface area contributed by atoms with Gasteiger partial charge in [-0.1, -0.05) is 23.7 Å². The first-order valence-electron chi connectivity index (χ1n) is 7.44. The van der Waals surface area contributed by atoms with Crippen molar-refractivity contribution in [2.24, 2.45) is 5.92 Å². The van der Waals surface area contributed by atoms with Gasteiger partial charge in [0.05, 0.1) is 5.92 Å². The molecule has 116 valence electrons. The number of amides is 1. The molecule has 2 aliphatic rings. The molecule has 2 fully saturated rings. The minimum absolute atomic E-state index is 0. The van der Waals surface area contributed by atoms with Gasteiger partial charge in [-0.05, 0) is 49.9 Å². The highest BCUT2D eigenvalue weighted by Crippen LogP contribution is 2.47. The molecule has 0 spiro atoms. The van der Waals surface area contributed by atoms with Gasteiger partial charge in [-0.2, -0.15) is 0 Å². The molecule has 5 heteroatoms. The van der Waals surface area contributed by atoms with Crippen molar-refractivity contribution in [1.29, 1.82) is 0 Å². The highest BCUT2D eigenvalue weighted by atomic mass is 35.5. The van der Waals surface area contributed by atoms with Crippen molar-refractivity contribution in [2.45, 2.75) is 31.1 Å². The third-order valence-electron chi connectivity index (χ3n) is 4.58. The third kappa shape index (κ3) is 3.91. The molecular weight excluding hydrogens is 307 g/mol. The number of piperidine rings is 1. The molecule has 1 saturated heterocycles. The zero-order valence-electron chi connectivity index (χ0n) is 12.0. The Kier molecular flexibility index (Phi) is 5.53. The molecule has 1 amide bonds. The number of hydrogen-bond donors (Lipinski definition) is 2. The summed E-state index contributed by atoms with van der Waals surface area (Å²) in [5.74, 6) is 0.349. The van der Waals surface area contributed by atoms with Gasteiger partial charge in [0.1, 0.15) is 0 Å². The molecule has 1 aromatic rings. The Labute approximate surface area is 137 Å². The number of halogens is 2. The monoisotopic (exact) mass is 328 g/mol. The van der Waals surface area contributed by atoms with Crippen molar-refractivity contribution in [2.75, 3.05) is 19.6 Å². The van der Waals surface area contributed by atoms with Crippen molar-refractivity contribution in [3.63, 3.8) is 0 Å². The first-order valence-corrected chi connectivity index (χ1v) is 7.82. The molecule has 1 aliphatic carbocycles. The van der Waals surface area contributed by atoms with E-state index < -0.39 is 0 Å². The van der Waals surface area contributed by atoms with E-state index >= 15 is 0 Å². The zero-order valence-corrected chi connectivity index (χ0v) is 13.6. The molecule has 3 rings (SSSR count). The van der Waals surface area contributed by atoms with E-state index in [4.69, 9.17) is 11.6 Å². The average Bonchev–Trinajstić information content (AvgIpc) is 3.27. The first-order chi connectivity index (χ1) is 9.70. The smallest absolute Gasteiger partial charge is 0.224 e. The molecule has 1 saturated carbocycles. The molecule has 0 radical (unpaired) electrons. The largest absolute Gasteiger partial charge is 0.355 e. The molecule has 1 heterocycles. The van der Waals surface area contributed by atoms with Crippen LogP contribution in [0.25, 0.3) is 0 Å². The van der Waals surface area contributed by atoms with Crippen molar-refractivity contribution in [1.82, 2.24) is 10.6 Å². The summed E-state index contributed by atoms with van der Waals surface area (Å²) in [5, 5.41) is 7.21. The van der Waals surface area contributed by atoms with Crippen LogP contribution in [-0.4, -0.2) is 25.5 Å². The van der Waals surface area contributed by atoms with E-state index in [1.165, 1.54) is 5.56 Å². The maximum atomic E-state index is 12.2. The Morgan fingerprint density at radius 1 is 1.33 bits per heavy atom. The van der Waals surface area contributed by atoms with E-state index in [0.717, 1.165) is 50.3 Å². The van der Waals surface area contributed by atoms with Crippen LogP contribution in [0.5, 0.6) is 0 Å². The Bertz CT molecular complexity index is 480. The summed E-state index contributed by atoms with van der Waals surface area (Å²) in [6.45, 7) is 2.61. The Morgan fingerprint density at radius 2 is 2.05 bits per heavy atom. The zero-order chi connectivity index (χ0) is 14.0. The molecule has 2 N–H and O–H groups in total. The van der Waals surface area contributed by atoms with Crippen LogP contribution in [0, 0.1) is 5.92 Å². The van der Waals surface area contributed by atoms with Crippen molar-refractivity contribution in [3.05, 3.63) is 34.9 Å². The van der Waals surface area contributed by atoms with Gasteiger partial charge in [0.15, 0.2) is 0 Å². The van der Waals surface area contributed by atoms with E-state index in [1.807, 2.05) is 12.1 Å². The molecule has 1 unspecified atom stereocenters. The maximum Gasteiger partial charge on any atom is 0.224 e. The normalized spacial score (nSPS) is 23.0. The van der Waals surface area contributed by atoms with Crippen LogP contribution in [0.3, 0.4) is 0 Å². The summed E-state index contributed by atoms with van der Waals surface area (Å²) in [4.78, 5) is 12.2. The maximum absolute atomic E-state index is 12.2. The van der Waals surface area contributed by atoms with E-state index in [0.29, 0.717) is 0 Å². The van der Waals surface area contributed by atoms with E-state index in [2.05, 4.69) is 22.8 Å². The van der Waals surface area contributed by atoms with Gasteiger partial charge in [-0.3, -0.25) is 4.79 Å². The van der Waals surface area contributed by atoms with E-state index in [9.17, 15) is 4.79 Å². The summed E-state index contributed by atoms with van der Waals surface area (Å²) in [7, 11) is 0. The summed E-state index contributed by atoms with van der Waals surface area (Å²) < 4.78 is 0. The van der Waals surface area contributed by atoms with Crippen molar-refractivity contribution in [3.8, 4) is 0 Å². The number of benzene rings is 1. The van der Waals surface area contributed by atoms with Crippen LogP contribution >= 0.6 is 24.0 Å². The van der Waals surface area contributed by atoms with Crippen LogP contribution in [0.1, 0.15) is 31.2 Å². The number of carbonyl (C=O) groups excluding carboxylic acids is 1. The molecule has 1 aliphatic heterocycles. The molecular formula is C16H22Cl2N2O. The van der Waals surface area contributed by atoms with Crippen LogP contribution in [0.15, 0.2) is 24.3 Å². The lowest BCUT2D eigenvalue weighted by Gasteiger charge is -2.24. The predicted octanol–water partition coefficient (Wildman–Crippen LogP) is 2.91. The lowest BCUT2D eigenvalue weighted by atomic mass is 9.94. The summed E-state index contributed by atoms with van der Waals surface area (Å²) >= 11 is 5.93. The molecule has 0 bridgehead atoms. The van der Waals surface area contributed by atoms with Gasteiger partial charge >= 0.3 is 0 Å². The number of rotatable bonds is 4. The fourth-order valence-electron chi connectivity index (χ4n) is 3.00. The summed E-state index contributed by atoms with van der Waals surface area (Å²) in [6, 6.07) is 8.04. The Morgan fingerprint density at radius 3 is 2.62 bits per heavy atom. The summed E-state index contributed by atoms with van der Waals surface area (Å²) in [5.41, 5.74) is 1.45. The molecule has 1 atom stereocenters. The standard InChI is InChI=1S/C16H21ClN2O.ClH/c17-14-5-3-13(4-6-14)16(7-8-16)11-19-15(20)12-2-1-9-18-10-12;/h3-6,12,18H,1-2,7-11H2,(H,19,20);1H. The van der Waals surface area contributed by atoms with Crippen LogP contribution in [0.2, 0.25) is 5.02 Å². The van der Waals surface area contributed by atoms with Crippen molar-refractivity contribution >= 4 is 29.9 Å². The van der Waals surface area contributed by atoms with Crippen molar-refractivity contribution < 1.29 is 4.79 Å². The fourth-order valence-corrected chi connectivity index (χ4v) is 3.12. The van der Waals surface area contributed by atoms with Crippen LogP contribution in [-0.2, 0) is 10.2 Å². The SMILES string of the molecule is Cl.O=C(NCC1(c2ccc(Cl)cc2)CC1)C1CCCNC1. The van der Waals surface area contributed by atoms with Gasteiger partial charge in [0, 0.05) is 23.5 Å². The average molecular weight is 329 g/mol. The molecule has 1 aromatic carbocycles. The van der Waals surface area contributed by atoms with Gasteiger partial charge < -0.3 is 10.6 Å². The Balaban J connectivity index is 0.00000161. The second-order valence-electron chi connectivity index (χ2n) is 6.05. The lowest BCUT2D eigenvalue weighted by molar-refractivity contribution is -0.125. The first kappa shape index (κ1) is 16.6. The highest BCUT2D eigenvalue weighted by Gasteiger charge is 2.44. The number of nitrogens with one attached hydrogen (secondary N) is 2. The minimum atomic E-state index is 0. The van der Waals surface area contributed by atoms with Gasteiger partial charge in [0.2, 0.25) is 5.91 Å². The minimum Gasteiger partial charge on any atom is -0.355 e. The second kappa shape index (κ2) is 6.99. The number of carbonyl (C=O) groups is 1. The topological polar surface area (TPSA) is 41.1 Å².